The Morgan fingerprint density at radius 2 is 2.03 bits per heavy atom. The van der Waals surface area contributed by atoms with Crippen molar-refractivity contribution in [3.63, 3.8) is 0 Å². The summed E-state index contributed by atoms with van der Waals surface area (Å²) in [7, 11) is 0. The van der Waals surface area contributed by atoms with Crippen LogP contribution in [0.4, 0.5) is 13.2 Å². The van der Waals surface area contributed by atoms with Gasteiger partial charge in [0.2, 0.25) is 5.88 Å². The lowest BCUT2D eigenvalue weighted by Crippen LogP contribution is -2.53. The first kappa shape index (κ1) is 21.6. The van der Waals surface area contributed by atoms with Gasteiger partial charge in [0.1, 0.15) is 23.7 Å². The lowest BCUT2D eigenvalue weighted by Gasteiger charge is -2.39. The van der Waals surface area contributed by atoms with Crippen molar-refractivity contribution in [3.8, 4) is 5.88 Å². The fraction of sp³-hybridized carbons (Fsp3) is 0.455. The van der Waals surface area contributed by atoms with Gasteiger partial charge in [-0.2, -0.15) is 8.78 Å². The van der Waals surface area contributed by atoms with Gasteiger partial charge in [0.05, 0.1) is 24.8 Å². The largest absolute Gasteiger partial charge is 0.471 e. The zero-order chi connectivity index (χ0) is 22.3. The van der Waals surface area contributed by atoms with Crippen molar-refractivity contribution in [2.24, 2.45) is 5.92 Å². The summed E-state index contributed by atoms with van der Waals surface area (Å²) in [6.07, 6.45) is -2.27. The number of carbonyl (C=O) groups is 1. The minimum absolute atomic E-state index is 0.0192. The molecule has 1 amide bonds. The van der Waals surface area contributed by atoms with E-state index in [9.17, 15) is 23.1 Å². The highest BCUT2D eigenvalue weighted by Crippen LogP contribution is 2.31. The van der Waals surface area contributed by atoms with E-state index in [1.54, 1.807) is 19.1 Å². The second kappa shape index (κ2) is 8.12. The molecule has 31 heavy (non-hydrogen) atoms. The van der Waals surface area contributed by atoms with E-state index in [-0.39, 0.29) is 31.1 Å². The molecule has 2 aromatic rings. The zero-order valence-corrected chi connectivity index (χ0v) is 17.1. The number of nitrogens with zero attached hydrogens (tertiary/aromatic N) is 2. The first-order valence-corrected chi connectivity index (χ1v) is 10.0. The molecule has 2 aliphatic rings. The quantitative estimate of drug-likeness (QED) is 0.780. The van der Waals surface area contributed by atoms with Crippen LogP contribution in [-0.4, -0.2) is 52.4 Å². The highest BCUT2D eigenvalue weighted by Gasteiger charge is 2.41. The summed E-state index contributed by atoms with van der Waals surface area (Å²) < 4.78 is 52.5. The number of ether oxygens (including phenoxy) is 2. The number of fused-ring (bicyclic) bond motifs is 1. The number of rotatable bonds is 5. The highest BCUT2D eigenvalue weighted by molar-refractivity contribution is 5.98. The van der Waals surface area contributed by atoms with Crippen LogP contribution in [0, 0.1) is 11.7 Å². The van der Waals surface area contributed by atoms with E-state index in [0.717, 1.165) is 6.92 Å². The van der Waals surface area contributed by atoms with Gasteiger partial charge in [-0.05, 0) is 17.7 Å². The number of carbonyl (C=O) groups excluding carboxylic acids is 1. The molecular formula is C22H23F3N2O4. The third-order valence-corrected chi connectivity index (χ3v) is 5.79. The van der Waals surface area contributed by atoms with E-state index < -0.39 is 47.6 Å². The van der Waals surface area contributed by atoms with Crippen LogP contribution in [0.25, 0.3) is 0 Å². The monoisotopic (exact) mass is 436 g/mol. The normalized spacial score (nSPS) is 26.1. The Morgan fingerprint density at radius 1 is 1.29 bits per heavy atom. The highest BCUT2D eigenvalue weighted by atomic mass is 19.3. The zero-order valence-electron chi connectivity index (χ0n) is 17.1. The molecule has 0 saturated carbocycles. The standard InChI is InChI=1S/C22H23F3N2O4/c1-12-16(31-18-8-4-7-17(26-18)22(2,24)25)11-30-15(20(12)28)10-27-9-13-5-3-6-14(23)19(13)21(27)29/h3-8,12,15-16,20,28H,9-11H2,1-2H3/t12-,15-,16+,20-/m1/s1. The molecule has 0 unspecified atom stereocenters. The van der Waals surface area contributed by atoms with Gasteiger partial charge in [-0.25, -0.2) is 9.37 Å². The van der Waals surface area contributed by atoms with Crippen molar-refractivity contribution >= 4 is 5.91 Å². The van der Waals surface area contributed by atoms with Crippen molar-refractivity contribution in [3.05, 3.63) is 59.0 Å². The molecule has 0 bridgehead atoms. The molecule has 2 aliphatic heterocycles. The van der Waals surface area contributed by atoms with Gasteiger partial charge in [-0.3, -0.25) is 4.79 Å². The van der Waals surface area contributed by atoms with E-state index in [1.165, 1.54) is 29.2 Å². The number of hydrogen-bond acceptors (Lipinski definition) is 5. The van der Waals surface area contributed by atoms with Gasteiger partial charge >= 0.3 is 0 Å². The average Bonchev–Trinajstić information content (AvgIpc) is 3.04. The van der Waals surface area contributed by atoms with E-state index >= 15 is 0 Å². The molecule has 0 spiro atoms. The molecule has 6 nitrogen and oxygen atoms in total. The number of amides is 1. The first-order valence-electron chi connectivity index (χ1n) is 10.0. The van der Waals surface area contributed by atoms with Crippen LogP contribution in [0.3, 0.4) is 0 Å². The Bertz CT molecular complexity index is 981. The van der Waals surface area contributed by atoms with E-state index in [1.807, 2.05) is 0 Å². The summed E-state index contributed by atoms with van der Waals surface area (Å²) in [5.41, 5.74) is 0.246. The number of pyridine rings is 1. The predicted octanol–water partition coefficient (Wildman–Crippen LogP) is 3.13. The molecule has 1 fully saturated rings. The second-order valence-corrected chi connectivity index (χ2v) is 8.09. The van der Waals surface area contributed by atoms with E-state index in [2.05, 4.69) is 4.98 Å². The molecule has 1 saturated heterocycles. The summed E-state index contributed by atoms with van der Waals surface area (Å²) in [6, 6.07) is 8.61. The molecule has 1 aromatic carbocycles. The summed E-state index contributed by atoms with van der Waals surface area (Å²) in [6.45, 7) is 2.93. The van der Waals surface area contributed by atoms with Crippen LogP contribution in [0.15, 0.2) is 36.4 Å². The minimum Gasteiger partial charge on any atom is -0.471 e. The van der Waals surface area contributed by atoms with Crippen LogP contribution < -0.4 is 4.74 Å². The molecular weight excluding hydrogens is 413 g/mol. The topological polar surface area (TPSA) is 71.9 Å². The Kier molecular flexibility index (Phi) is 5.65. The summed E-state index contributed by atoms with van der Waals surface area (Å²) in [5.74, 6) is -4.49. The Labute approximate surface area is 177 Å². The first-order chi connectivity index (χ1) is 14.6. The third kappa shape index (κ3) is 4.24. The van der Waals surface area contributed by atoms with Crippen molar-refractivity contribution < 1.29 is 32.5 Å². The van der Waals surface area contributed by atoms with Crippen LogP contribution in [0.5, 0.6) is 5.88 Å². The van der Waals surface area contributed by atoms with Gasteiger partial charge in [0.25, 0.3) is 11.8 Å². The van der Waals surface area contributed by atoms with Gasteiger partial charge in [0, 0.05) is 25.5 Å². The molecule has 166 valence electrons. The van der Waals surface area contributed by atoms with Crippen LogP contribution >= 0.6 is 0 Å². The predicted molar refractivity (Wildman–Crippen MR) is 104 cm³/mol. The van der Waals surface area contributed by atoms with Crippen molar-refractivity contribution in [2.45, 2.75) is 44.6 Å². The van der Waals surface area contributed by atoms with Crippen molar-refractivity contribution in [1.82, 2.24) is 9.88 Å². The summed E-state index contributed by atoms with van der Waals surface area (Å²) in [4.78, 5) is 17.8. The Hall–Kier alpha value is -2.65. The smallest absolute Gasteiger partial charge is 0.287 e. The maximum Gasteiger partial charge on any atom is 0.287 e. The minimum atomic E-state index is -3.10. The number of halogens is 3. The average molecular weight is 436 g/mol. The van der Waals surface area contributed by atoms with E-state index in [4.69, 9.17) is 9.47 Å². The molecule has 3 heterocycles. The molecule has 1 N–H and O–H groups in total. The van der Waals surface area contributed by atoms with Gasteiger partial charge in [-0.1, -0.05) is 25.1 Å². The molecule has 4 rings (SSSR count). The number of alkyl halides is 2. The molecule has 0 radical (unpaired) electrons. The van der Waals surface area contributed by atoms with E-state index in [0.29, 0.717) is 5.56 Å². The third-order valence-electron chi connectivity index (χ3n) is 5.79. The second-order valence-electron chi connectivity index (χ2n) is 8.09. The van der Waals surface area contributed by atoms with Crippen LogP contribution in [0.1, 0.15) is 35.5 Å². The van der Waals surface area contributed by atoms with Crippen molar-refractivity contribution in [1.29, 1.82) is 0 Å². The van der Waals surface area contributed by atoms with Crippen molar-refractivity contribution in [2.75, 3.05) is 13.2 Å². The molecule has 4 atom stereocenters. The van der Waals surface area contributed by atoms with Gasteiger partial charge < -0.3 is 19.5 Å². The summed E-state index contributed by atoms with van der Waals surface area (Å²) >= 11 is 0. The fourth-order valence-corrected chi connectivity index (χ4v) is 3.95. The molecule has 1 aromatic heterocycles. The Balaban J connectivity index is 1.40. The van der Waals surface area contributed by atoms with Crippen LogP contribution in [0.2, 0.25) is 0 Å². The lowest BCUT2D eigenvalue weighted by molar-refractivity contribution is -0.152. The Morgan fingerprint density at radius 3 is 2.74 bits per heavy atom. The number of aliphatic hydroxyl groups is 1. The molecule has 0 aliphatic carbocycles. The molecule has 9 heteroatoms. The van der Waals surface area contributed by atoms with Crippen LogP contribution in [-0.2, 0) is 17.2 Å². The maximum atomic E-state index is 14.0. The lowest BCUT2D eigenvalue weighted by atomic mass is 9.91. The number of benzene rings is 1. The van der Waals surface area contributed by atoms with Gasteiger partial charge in [-0.15, -0.1) is 0 Å². The number of hydrogen-bond donors (Lipinski definition) is 1. The van der Waals surface area contributed by atoms with Gasteiger partial charge in [0.15, 0.2) is 0 Å². The maximum absolute atomic E-state index is 14.0. The SMILES string of the molecule is C[C@H]1[C@@H](O)[C@@H](CN2Cc3cccc(F)c3C2=O)OC[C@@H]1Oc1cccc(C(C)(F)F)n1. The fourth-order valence-electron chi connectivity index (χ4n) is 3.95. The summed E-state index contributed by atoms with van der Waals surface area (Å²) in [5, 5.41) is 10.7. The number of aromatic nitrogens is 1. The number of aliphatic hydroxyl groups excluding tert-OH is 1.